The van der Waals surface area contributed by atoms with Crippen LogP contribution in [0.1, 0.15) is 25.5 Å². The second-order valence-corrected chi connectivity index (χ2v) is 9.54. The number of piperazine rings is 1. The maximum atomic E-state index is 12.8. The van der Waals surface area contributed by atoms with Gasteiger partial charge >= 0.3 is 6.03 Å². The van der Waals surface area contributed by atoms with Crippen LogP contribution in [0.5, 0.6) is 0 Å². The molecule has 2 aromatic rings. The van der Waals surface area contributed by atoms with Gasteiger partial charge in [0.15, 0.2) is 0 Å². The molecule has 0 unspecified atom stereocenters. The Balaban J connectivity index is 1.13. The average Bonchev–Trinajstić information content (AvgIpc) is 3.48. The molecule has 2 aliphatic heterocycles. The van der Waals surface area contributed by atoms with Crippen LogP contribution in [0.4, 0.5) is 4.79 Å². The second kappa shape index (κ2) is 7.76. The smallest absolute Gasteiger partial charge is 0.323 e. The number of amides is 3. The maximum absolute atomic E-state index is 12.8. The predicted molar refractivity (Wildman–Crippen MR) is 116 cm³/mol. The van der Waals surface area contributed by atoms with Crippen LogP contribution in [-0.2, 0) is 11.3 Å². The Morgan fingerprint density at radius 3 is 2.50 bits per heavy atom. The Morgan fingerprint density at radius 1 is 1.10 bits per heavy atom. The number of hydrogen-bond acceptors (Lipinski definition) is 6. The molecule has 0 spiro atoms. The molecule has 2 saturated heterocycles. The van der Waals surface area contributed by atoms with Gasteiger partial charge in [0.05, 0.1) is 12.4 Å². The monoisotopic (exact) mass is 425 g/mol. The summed E-state index contributed by atoms with van der Waals surface area (Å²) >= 11 is 1.68. The highest BCUT2D eigenvalue weighted by Gasteiger charge is 2.56. The first-order valence-corrected chi connectivity index (χ1v) is 11.5. The van der Waals surface area contributed by atoms with Crippen LogP contribution in [0.15, 0.2) is 35.7 Å². The van der Waals surface area contributed by atoms with E-state index in [0.29, 0.717) is 12.6 Å². The van der Waals surface area contributed by atoms with Gasteiger partial charge in [0.1, 0.15) is 10.5 Å². The van der Waals surface area contributed by atoms with Crippen LogP contribution in [-0.4, -0.2) is 70.0 Å². The zero-order valence-electron chi connectivity index (χ0n) is 17.2. The minimum absolute atomic E-state index is 0.0617. The molecule has 3 amide bonds. The molecule has 1 aromatic carbocycles. The summed E-state index contributed by atoms with van der Waals surface area (Å²) in [5.41, 5.74) is 1.56. The fourth-order valence-electron chi connectivity index (χ4n) is 4.39. The fourth-order valence-corrected chi connectivity index (χ4v) is 5.21. The van der Waals surface area contributed by atoms with Gasteiger partial charge in [-0.3, -0.25) is 14.6 Å². The van der Waals surface area contributed by atoms with Crippen molar-refractivity contribution in [2.75, 3.05) is 32.8 Å². The number of rotatable bonds is 6. The Labute approximate surface area is 180 Å². The molecule has 3 aliphatic rings. The molecule has 8 heteroatoms. The summed E-state index contributed by atoms with van der Waals surface area (Å²) in [6.45, 7) is 6.58. The number of nitrogens with zero attached hydrogens (tertiary/aromatic N) is 4. The lowest BCUT2D eigenvalue weighted by molar-refractivity contribution is -0.133. The fraction of sp³-hybridized carbons (Fsp3) is 0.500. The van der Waals surface area contributed by atoms with E-state index in [1.807, 2.05) is 25.1 Å². The largest absolute Gasteiger partial charge is 0.326 e. The third-order valence-electron chi connectivity index (χ3n) is 6.46. The highest BCUT2D eigenvalue weighted by molar-refractivity contribution is 7.13. The molecule has 1 saturated carbocycles. The van der Waals surface area contributed by atoms with E-state index in [-0.39, 0.29) is 11.9 Å². The second-order valence-electron chi connectivity index (χ2n) is 8.69. The van der Waals surface area contributed by atoms with E-state index in [1.54, 1.807) is 11.3 Å². The summed E-state index contributed by atoms with van der Waals surface area (Å²) in [6.07, 6.45) is 2.05. The number of carbonyl (C=O) groups excluding carboxylic acids is 2. The molecule has 1 atom stereocenters. The van der Waals surface area contributed by atoms with E-state index in [0.717, 1.165) is 61.8 Å². The lowest BCUT2D eigenvalue weighted by atomic mass is 9.96. The molecule has 30 heavy (non-hydrogen) atoms. The summed E-state index contributed by atoms with van der Waals surface area (Å²) < 4.78 is 0. The van der Waals surface area contributed by atoms with Crippen molar-refractivity contribution in [1.29, 1.82) is 0 Å². The van der Waals surface area contributed by atoms with Crippen molar-refractivity contribution in [2.24, 2.45) is 5.92 Å². The molecule has 7 nitrogen and oxygen atoms in total. The first-order chi connectivity index (χ1) is 14.5. The van der Waals surface area contributed by atoms with Gasteiger partial charge in [-0.25, -0.2) is 14.7 Å². The molecule has 158 valence electrons. The highest BCUT2D eigenvalue weighted by Crippen LogP contribution is 2.42. The van der Waals surface area contributed by atoms with Crippen molar-refractivity contribution >= 4 is 23.3 Å². The number of thiazole rings is 1. The van der Waals surface area contributed by atoms with Gasteiger partial charge in [-0.15, -0.1) is 11.3 Å². The van der Waals surface area contributed by atoms with Gasteiger partial charge in [-0.1, -0.05) is 30.3 Å². The molecule has 1 aromatic heterocycles. The minimum atomic E-state index is -0.694. The molecule has 0 bridgehead atoms. The Hall–Kier alpha value is -2.29. The van der Waals surface area contributed by atoms with E-state index >= 15 is 0 Å². The first kappa shape index (κ1) is 19.7. The highest BCUT2D eigenvalue weighted by atomic mass is 32.1. The summed E-state index contributed by atoms with van der Waals surface area (Å²) in [4.78, 5) is 36.0. The number of urea groups is 1. The molecule has 1 N–H and O–H groups in total. The van der Waals surface area contributed by atoms with Crippen LogP contribution in [0.25, 0.3) is 10.6 Å². The molecule has 0 radical (unpaired) electrons. The molecule has 1 aliphatic carbocycles. The average molecular weight is 426 g/mol. The Bertz CT molecular complexity index is 936. The van der Waals surface area contributed by atoms with Crippen LogP contribution in [0, 0.1) is 5.92 Å². The topological polar surface area (TPSA) is 68.8 Å². The van der Waals surface area contributed by atoms with Gasteiger partial charge in [-0.05, 0) is 25.7 Å². The standard InChI is InChI=1S/C22H27N5O2S/c1-22(17-7-8-17)20(28)27(21(29)24-22)15-26-11-9-25(10-12-26)13-18-14-30-19(23-18)16-5-3-2-4-6-16/h2-6,14,17H,7-13,15H2,1H3,(H,24,29)/t22-/m1/s1. The Morgan fingerprint density at radius 2 is 1.80 bits per heavy atom. The van der Waals surface area contributed by atoms with Crippen molar-refractivity contribution in [3.8, 4) is 10.6 Å². The molecular weight excluding hydrogens is 398 g/mol. The van der Waals surface area contributed by atoms with Crippen LogP contribution < -0.4 is 5.32 Å². The lowest BCUT2D eigenvalue weighted by Gasteiger charge is -2.35. The normalized spacial score (nSPS) is 25.7. The van der Waals surface area contributed by atoms with E-state index in [1.165, 1.54) is 4.90 Å². The predicted octanol–water partition coefficient (Wildman–Crippen LogP) is 2.61. The van der Waals surface area contributed by atoms with Crippen LogP contribution >= 0.6 is 11.3 Å². The van der Waals surface area contributed by atoms with Gasteiger partial charge in [0.25, 0.3) is 5.91 Å². The lowest BCUT2D eigenvalue weighted by Crippen LogP contribution is -2.51. The summed E-state index contributed by atoms with van der Waals surface area (Å²) in [6, 6.07) is 10.0. The van der Waals surface area contributed by atoms with E-state index in [4.69, 9.17) is 4.98 Å². The molecule has 5 rings (SSSR count). The number of aromatic nitrogens is 1. The van der Waals surface area contributed by atoms with Gasteiger partial charge in [0, 0.05) is 43.7 Å². The van der Waals surface area contributed by atoms with E-state index < -0.39 is 5.54 Å². The molecule has 3 heterocycles. The van der Waals surface area contributed by atoms with Crippen LogP contribution in [0.3, 0.4) is 0 Å². The van der Waals surface area contributed by atoms with E-state index in [2.05, 4.69) is 32.6 Å². The maximum Gasteiger partial charge on any atom is 0.326 e. The zero-order chi connectivity index (χ0) is 20.7. The number of hydrogen-bond donors (Lipinski definition) is 1. The van der Waals surface area contributed by atoms with E-state index in [9.17, 15) is 9.59 Å². The van der Waals surface area contributed by atoms with Gasteiger partial charge < -0.3 is 5.32 Å². The quantitative estimate of drug-likeness (QED) is 0.721. The van der Waals surface area contributed by atoms with Crippen molar-refractivity contribution in [2.45, 2.75) is 31.8 Å². The Kier molecular flexibility index (Phi) is 5.08. The third kappa shape index (κ3) is 3.75. The minimum Gasteiger partial charge on any atom is -0.323 e. The number of carbonyl (C=O) groups is 2. The van der Waals surface area contributed by atoms with Crippen molar-refractivity contribution < 1.29 is 9.59 Å². The summed E-state index contributed by atoms with van der Waals surface area (Å²) in [5, 5.41) is 6.13. The first-order valence-electron chi connectivity index (χ1n) is 10.6. The number of benzene rings is 1. The molecule has 3 fully saturated rings. The van der Waals surface area contributed by atoms with Crippen molar-refractivity contribution in [3.05, 3.63) is 41.4 Å². The number of nitrogens with one attached hydrogen (secondary N) is 1. The number of imide groups is 1. The van der Waals surface area contributed by atoms with Crippen LogP contribution in [0.2, 0.25) is 0 Å². The summed E-state index contributed by atoms with van der Waals surface area (Å²) in [5.74, 6) is 0.239. The van der Waals surface area contributed by atoms with Crippen molar-refractivity contribution in [1.82, 2.24) is 25.0 Å². The third-order valence-corrected chi connectivity index (χ3v) is 7.40. The van der Waals surface area contributed by atoms with Gasteiger partial charge in [-0.2, -0.15) is 0 Å². The zero-order valence-corrected chi connectivity index (χ0v) is 18.0. The van der Waals surface area contributed by atoms with Crippen molar-refractivity contribution in [3.63, 3.8) is 0 Å². The summed E-state index contributed by atoms with van der Waals surface area (Å²) in [7, 11) is 0. The van der Waals surface area contributed by atoms with Gasteiger partial charge in [0.2, 0.25) is 0 Å². The molecular formula is C22H27N5O2S. The SMILES string of the molecule is C[C@]1(C2CC2)NC(=O)N(CN2CCN(Cc3csc(-c4ccccc4)n3)CC2)C1=O.